The second-order valence-corrected chi connectivity index (χ2v) is 11.0. The molecule has 1 aliphatic rings. The minimum atomic E-state index is -4.47. The van der Waals surface area contributed by atoms with Gasteiger partial charge in [0, 0.05) is 22.1 Å². The van der Waals surface area contributed by atoms with Crippen molar-refractivity contribution in [2.45, 2.75) is 39.9 Å². The zero-order chi connectivity index (χ0) is 29.6. The number of rotatable bonds is 5. The van der Waals surface area contributed by atoms with Crippen LogP contribution in [-0.2, 0) is 15.7 Å². The Balaban J connectivity index is 1.68. The van der Waals surface area contributed by atoms with Crippen LogP contribution in [0.4, 0.5) is 13.2 Å². The highest BCUT2D eigenvalue weighted by molar-refractivity contribution is 7.07. The fourth-order valence-corrected chi connectivity index (χ4v) is 6.35. The molecule has 0 amide bonds. The third kappa shape index (κ3) is 5.17. The Hall–Kier alpha value is -3.89. The van der Waals surface area contributed by atoms with Gasteiger partial charge in [-0.05, 0) is 75.2 Å². The van der Waals surface area contributed by atoms with E-state index in [0.29, 0.717) is 48.3 Å². The van der Waals surface area contributed by atoms with Gasteiger partial charge < -0.3 is 9.30 Å². The number of aromatic nitrogens is 2. The Morgan fingerprint density at radius 1 is 1.12 bits per heavy atom. The number of halogens is 4. The summed E-state index contributed by atoms with van der Waals surface area (Å²) < 4.78 is 48.9. The number of ether oxygens (including phenoxy) is 1. The fourth-order valence-electron chi connectivity index (χ4n) is 5.08. The maximum absolute atomic E-state index is 13.9. The van der Waals surface area contributed by atoms with Crippen molar-refractivity contribution in [3.05, 3.63) is 119 Å². The number of thiazole rings is 1. The number of aryl methyl sites for hydroxylation is 1. The van der Waals surface area contributed by atoms with Crippen LogP contribution in [0.1, 0.15) is 48.0 Å². The van der Waals surface area contributed by atoms with Gasteiger partial charge in [0.1, 0.15) is 6.04 Å². The third-order valence-corrected chi connectivity index (χ3v) is 8.23. The van der Waals surface area contributed by atoms with Gasteiger partial charge in [0.05, 0.1) is 28.0 Å². The number of esters is 1. The lowest BCUT2D eigenvalue weighted by molar-refractivity contribution is -0.139. The number of fused-ring (bicyclic) bond motifs is 1. The fraction of sp³-hybridized carbons (Fsp3) is 0.233. The Kier molecular flexibility index (Phi) is 7.56. The first kappa shape index (κ1) is 28.6. The molecule has 11 heteroatoms. The van der Waals surface area contributed by atoms with Gasteiger partial charge >= 0.3 is 12.1 Å². The summed E-state index contributed by atoms with van der Waals surface area (Å²) in [5, 5.41) is 0.383. The van der Waals surface area contributed by atoms with Crippen molar-refractivity contribution < 1.29 is 22.7 Å². The van der Waals surface area contributed by atoms with Crippen molar-refractivity contribution in [1.29, 1.82) is 0 Å². The van der Waals surface area contributed by atoms with Crippen LogP contribution >= 0.6 is 22.9 Å². The number of benzene rings is 2. The molecule has 0 radical (unpaired) electrons. The number of hydrogen-bond acceptors (Lipinski definition) is 5. The Morgan fingerprint density at radius 2 is 1.85 bits per heavy atom. The van der Waals surface area contributed by atoms with Crippen LogP contribution in [0.25, 0.3) is 11.8 Å². The summed E-state index contributed by atoms with van der Waals surface area (Å²) >= 11 is 7.71. The van der Waals surface area contributed by atoms with E-state index in [2.05, 4.69) is 4.99 Å². The molecule has 0 bridgehead atoms. The van der Waals surface area contributed by atoms with E-state index in [4.69, 9.17) is 16.3 Å². The van der Waals surface area contributed by atoms with Crippen LogP contribution in [0.15, 0.2) is 75.7 Å². The Labute approximate surface area is 242 Å². The van der Waals surface area contributed by atoms with Gasteiger partial charge in [-0.1, -0.05) is 47.2 Å². The SMILES string of the molecule is CCOC(=O)C1=C(C)N=c2s/c(=C/c3cc(C)n(-c4cccc(C(F)(F)F)c4)c3C)c(=O)n2[C@H]1c1ccccc1Cl. The summed E-state index contributed by atoms with van der Waals surface area (Å²) in [5.74, 6) is -0.586. The molecular formula is C30H25ClF3N3O3S. The van der Waals surface area contributed by atoms with Crippen LogP contribution in [0.5, 0.6) is 0 Å². The molecule has 2 aromatic heterocycles. The Morgan fingerprint density at radius 3 is 2.54 bits per heavy atom. The van der Waals surface area contributed by atoms with E-state index in [1.165, 1.54) is 10.6 Å². The molecule has 212 valence electrons. The molecule has 0 spiro atoms. The summed E-state index contributed by atoms with van der Waals surface area (Å²) in [5.41, 5.74) is 2.48. The number of hydrogen-bond donors (Lipinski definition) is 0. The number of alkyl halides is 3. The largest absolute Gasteiger partial charge is 0.463 e. The van der Waals surface area contributed by atoms with Gasteiger partial charge in [0.2, 0.25) is 0 Å². The van der Waals surface area contributed by atoms with Gasteiger partial charge in [-0.25, -0.2) is 9.79 Å². The first-order valence-electron chi connectivity index (χ1n) is 12.7. The topological polar surface area (TPSA) is 65.6 Å². The van der Waals surface area contributed by atoms with E-state index < -0.39 is 23.8 Å². The minimum Gasteiger partial charge on any atom is -0.463 e. The number of allylic oxidation sites excluding steroid dienone is 1. The minimum absolute atomic E-state index is 0.150. The van der Waals surface area contributed by atoms with Gasteiger partial charge in [-0.2, -0.15) is 13.2 Å². The van der Waals surface area contributed by atoms with E-state index in [1.807, 2.05) is 6.07 Å². The van der Waals surface area contributed by atoms with Crippen LogP contribution in [0.3, 0.4) is 0 Å². The molecule has 0 fully saturated rings. The van der Waals surface area contributed by atoms with Gasteiger partial charge in [0.15, 0.2) is 4.80 Å². The average Bonchev–Trinajstić information content (AvgIpc) is 3.37. The van der Waals surface area contributed by atoms with Gasteiger partial charge in [0.25, 0.3) is 5.56 Å². The summed E-state index contributed by atoms with van der Waals surface area (Å²) in [6, 6.07) is 13.0. The third-order valence-electron chi connectivity index (χ3n) is 6.91. The number of carbonyl (C=O) groups excluding carboxylic acids is 1. The summed E-state index contributed by atoms with van der Waals surface area (Å²) in [6.45, 7) is 7.11. The van der Waals surface area contributed by atoms with Crippen LogP contribution in [0.2, 0.25) is 5.02 Å². The first-order chi connectivity index (χ1) is 19.4. The number of carbonyl (C=O) groups is 1. The van der Waals surface area contributed by atoms with Crippen molar-refractivity contribution in [1.82, 2.24) is 9.13 Å². The average molecular weight is 600 g/mol. The maximum atomic E-state index is 13.9. The maximum Gasteiger partial charge on any atom is 0.416 e. The molecule has 41 heavy (non-hydrogen) atoms. The highest BCUT2D eigenvalue weighted by Crippen LogP contribution is 2.35. The zero-order valence-electron chi connectivity index (χ0n) is 22.5. The quantitative estimate of drug-likeness (QED) is 0.269. The molecule has 0 saturated heterocycles. The molecule has 2 aromatic carbocycles. The van der Waals surface area contributed by atoms with Crippen molar-refractivity contribution in [2.24, 2.45) is 4.99 Å². The predicted molar refractivity (Wildman–Crippen MR) is 152 cm³/mol. The molecule has 0 saturated carbocycles. The van der Waals surface area contributed by atoms with Crippen molar-refractivity contribution in [2.75, 3.05) is 6.61 Å². The lowest BCUT2D eigenvalue weighted by Gasteiger charge is -2.25. The van der Waals surface area contributed by atoms with E-state index in [0.717, 1.165) is 23.5 Å². The van der Waals surface area contributed by atoms with E-state index in [9.17, 15) is 22.8 Å². The predicted octanol–water partition coefficient (Wildman–Crippen LogP) is 5.88. The first-order valence-corrected chi connectivity index (χ1v) is 13.9. The normalized spacial score (nSPS) is 15.6. The van der Waals surface area contributed by atoms with E-state index >= 15 is 0 Å². The second-order valence-electron chi connectivity index (χ2n) is 9.53. The molecule has 6 nitrogen and oxygen atoms in total. The molecule has 1 aliphatic heterocycles. The molecule has 4 aromatic rings. The number of nitrogens with zero attached hydrogens (tertiary/aromatic N) is 3. The zero-order valence-corrected chi connectivity index (χ0v) is 24.1. The molecular weight excluding hydrogens is 575 g/mol. The molecule has 3 heterocycles. The molecule has 0 unspecified atom stereocenters. The van der Waals surface area contributed by atoms with Crippen molar-refractivity contribution >= 4 is 35.0 Å². The van der Waals surface area contributed by atoms with Gasteiger partial charge in [-0.3, -0.25) is 9.36 Å². The molecule has 0 N–H and O–H groups in total. The monoisotopic (exact) mass is 599 g/mol. The lowest BCUT2D eigenvalue weighted by Crippen LogP contribution is -2.40. The van der Waals surface area contributed by atoms with E-state index in [-0.39, 0.29) is 17.7 Å². The lowest BCUT2D eigenvalue weighted by atomic mass is 9.96. The standard InChI is InChI=1S/C30H25ClF3N3O3S/c1-5-40-28(39)25-17(3)35-29-37(26(25)22-11-6-7-12-23(22)31)27(38)24(41-29)14-19-13-16(2)36(18(19)4)21-10-8-9-20(15-21)30(32,33)34/h6-15,26H,5H2,1-4H3/b24-14+/t26-/m0/s1. The molecule has 0 aliphatic carbocycles. The molecule has 1 atom stereocenters. The van der Waals surface area contributed by atoms with Crippen LogP contribution < -0.4 is 14.9 Å². The summed E-state index contributed by atoms with van der Waals surface area (Å²) in [6.07, 6.45) is -2.77. The van der Waals surface area contributed by atoms with Gasteiger partial charge in [-0.15, -0.1) is 0 Å². The van der Waals surface area contributed by atoms with Crippen LogP contribution in [-0.4, -0.2) is 21.7 Å². The summed E-state index contributed by atoms with van der Waals surface area (Å²) in [7, 11) is 0. The summed E-state index contributed by atoms with van der Waals surface area (Å²) in [4.78, 5) is 31.9. The van der Waals surface area contributed by atoms with Crippen LogP contribution in [0, 0.1) is 13.8 Å². The molecule has 5 rings (SSSR count). The van der Waals surface area contributed by atoms with E-state index in [1.54, 1.807) is 68.7 Å². The highest BCUT2D eigenvalue weighted by Gasteiger charge is 2.34. The van der Waals surface area contributed by atoms with Crippen molar-refractivity contribution in [3.8, 4) is 5.69 Å². The highest BCUT2D eigenvalue weighted by atomic mass is 35.5. The smallest absolute Gasteiger partial charge is 0.416 e. The van der Waals surface area contributed by atoms with Crippen molar-refractivity contribution in [3.63, 3.8) is 0 Å². The second kappa shape index (κ2) is 10.8. The Bertz CT molecular complexity index is 1900.